The van der Waals surface area contributed by atoms with Crippen LogP contribution in [0.15, 0.2) is 11.6 Å². The molecule has 1 fully saturated rings. The number of piperidine rings is 1. The van der Waals surface area contributed by atoms with Crippen molar-refractivity contribution in [2.75, 3.05) is 6.54 Å². The lowest BCUT2D eigenvalue weighted by atomic mass is 10.1. The molecule has 1 amide bonds. The van der Waals surface area contributed by atoms with Gasteiger partial charge in [-0.2, -0.15) is 0 Å². The fraction of sp³-hybridized carbons (Fsp3) is 0.500. The molecule has 1 atom stereocenters. The Hall–Kier alpha value is -0.790. The zero-order valence-corrected chi connectivity index (χ0v) is 4.48. The van der Waals surface area contributed by atoms with Crippen molar-refractivity contribution in [2.24, 2.45) is 5.92 Å². The Morgan fingerprint density at radius 3 is 3.25 bits per heavy atom. The van der Waals surface area contributed by atoms with Gasteiger partial charge in [-0.3, -0.25) is 4.79 Å². The van der Waals surface area contributed by atoms with Crippen LogP contribution in [0.2, 0.25) is 0 Å². The summed E-state index contributed by atoms with van der Waals surface area (Å²) in [5, 5.41) is 2.77. The van der Waals surface area contributed by atoms with E-state index in [1.165, 1.54) is 0 Å². The second kappa shape index (κ2) is 1.13. The molecule has 1 saturated heterocycles. The normalized spacial score (nSPS) is 32.8. The van der Waals surface area contributed by atoms with Gasteiger partial charge in [0, 0.05) is 18.0 Å². The van der Waals surface area contributed by atoms with Crippen LogP contribution >= 0.6 is 0 Å². The summed E-state index contributed by atoms with van der Waals surface area (Å²) in [4.78, 5) is 10.7. The van der Waals surface area contributed by atoms with Crippen LogP contribution in [0.1, 0.15) is 6.42 Å². The minimum Gasteiger partial charge on any atom is -0.352 e. The fourth-order valence-corrected chi connectivity index (χ4v) is 1.09. The van der Waals surface area contributed by atoms with Gasteiger partial charge < -0.3 is 5.32 Å². The topological polar surface area (TPSA) is 29.1 Å². The van der Waals surface area contributed by atoms with Crippen LogP contribution in [-0.2, 0) is 4.79 Å². The van der Waals surface area contributed by atoms with Crippen molar-refractivity contribution >= 4 is 5.91 Å². The van der Waals surface area contributed by atoms with E-state index >= 15 is 0 Å². The summed E-state index contributed by atoms with van der Waals surface area (Å²) in [5.74, 6) is 0.713. The molecule has 1 heterocycles. The molecule has 0 spiro atoms. The van der Waals surface area contributed by atoms with E-state index in [9.17, 15) is 4.79 Å². The SMILES string of the molecule is O=C1NCCC2C=C12. The Balaban J connectivity index is 2.17. The lowest BCUT2D eigenvalue weighted by Crippen LogP contribution is -2.28. The summed E-state index contributed by atoms with van der Waals surface area (Å²) in [6, 6.07) is 0. The number of nitrogens with one attached hydrogen (secondary N) is 1. The van der Waals surface area contributed by atoms with Crippen molar-refractivity contribution < 1.29 is 4.79 Å². The first-order chi connectivity index (χ1) is 3.88. The molecule has 2 rings (SSSR count). The van der Waals surface area contributed by atoms with Crippen LogP contribution in [0.4, 0.5) is 0 Å². The Morgan fingerprint density at radius 1 is 1.75 bits per heavy atom. The number of hydrogen-bond donors (Lipinski definition) is 1. The van der Waals surface area contributed by atoms with E-state index in [-0.39, 0.29) is 5.91 Å². The Kier molecular flexibility index (Phi) is 0.583. The van der Waals surface area contributed by atoms with Gasteiger partial charge in [0.05, 0.1) is 0 Å². The molecule has 1 N–H and O–H groups in total. The molecule has 0 radical (unpaired) electrons. The van der Waals surface area contributed by atoms with Crippen molar-refractivity contribution in [3.05, 3.63) is 11.6 Å². The second-order valence-corrected chi connectivity index (χ2v) is 2.27. The standard InChI is InChI=1S/C6H7NO/c8-6-5-3-4(5)1-2-7-6/h3-4H,1-2H2,(H,7,8). The molecule has 2 nitrogen and oxygen atoms in total. The number of carbonyl (C=O) groups is 1. The van der Waals surface area contributed by atoms with Gasteiger partial charge in [0.1, 0.15) is 0 Å². The Labute approximate surface area is 47.6 Å². The minimum absolute atomic E-state index is 0.154. The summed E-state index contributed by atoms with van der Waals surface area (Å²) in [7, 11) is 0. The minimum atomic E-state index is 0.154. The van der Waals surface area contributed by atoms with Gasteiger partial charge >= 0.3 is 0 Å². The van der Waals surface area contributed by atoms with Crippen LogP contribution in [0.3, 0.4) is 0 Å². The Morgan fingerprint density at radius 2 is 2.62 bits per heavy atom. The van der Waals surface area contributed by atoms with Crippen molar-refractivity contribution in [3.8, 4) is 0 Å². The van der Waals surface area contributed by atoms with Crippen molar-refractivity contribution in [1.29, 1.82) is 0 Å². The van der Waals surface area contributed by atoms with E-state index in [0.29, 0.717) is 5.92 Å². The second-order valence-electron chi connectivity index (χ2n) is 2.27. The molecular weight excluding hydrogens is 102 g/mol. The maximum absolute atomic E-state index is 10.7. The smallest absolute Gasteiger partial charge is 0.247 e. The molecule has 1 aliphatic carbocycles. The van der Waals surface area contributed by atoms with Crippen molar-refractivity contribution in [2.45, 2.75) is 6.42 Å². The van der Waals surface area contributed by atoms with E-state index < -0.39 is 0 Å². The first-order valence-electron chi connectivity index (χ1n) is 2.88. The first kappa shape index (κ1) is 4.13. The lowest BCUT2D eigenvalue weighted by Gasteiger charge is -2.08. The van der Waals surface area contributed by atoms with Crippen molar-refractivity contribution in [1.82, 2.24) is 5.32 Å². The number of fused-ring (bicyclic) bond motifs is 1. The molecular formula is C6H7NO. The predicted octanol–water partition coefficient (Wildman–Crippen LogP) is 0.0625. The monoisotopic (exact) mass is 109 g/mol. The summed E-state index contributed by atoms with van der Waals surface area (Å²) < 4.78 is 0. The average molecular weight is 109 g/mol. The largest absolute Gasteiger partial charge is 0.352 e. The van der Waals surface area contributed by atoms with Gasteiger partial charge in [-0.1, -0.05) is 6.08 Å². The first-order valence-corrected chi connectivity index (χ1v) is 2.88. The summed E-state index contributed by atoms with van der Waals surface area (Å²) in [6.45, 7) is 0.865. The summed E-state index contributed by atoms with van der Waals surface area (Å²) in [6.07, 6.45) is 3.16. The van der Waals surface area contributed by atoms with Gasteiger partial charge in [0.25, 0.3) is 0 Å². The Bertz CT molecular complexity index is 171. The number of amides is 1. The van der Waals surface area contributed by atoms with Crippen LogP contribution in [0, 0.1) is 5.92 Å². The molecule has 0 aromatic heterocycles. The van der Waals surface area contributed by atoms with Crippen LogP contribution < -0.4 is 5.32 Å². The third-order valence-corrected chi connectivity index (χ3v) is 1.67. The molecule has 2 aliphatic rings. The molecule has 0 saturated carbocycles. The zero-order chi connectivity index (χ0) is 5.56. The highest BCUT2D eigenvalue weighted by molar-refractivity contribution is 5.99. The predicted molar refractivity (Wildman–Crippen MR) is 29.2 cm³/mol. The highest BCUT2D eigenvalue weighted by Gasteiger charge is 2.33. The third-order valence-electron chi connectivity index (χ3n) is 1.67. The molecule has 2 heteroatoms. The van der Waals surface area contributed by atoms with Gasteiger partial charge in [0.15, 0.2) is 0 Å². The molecule has 42 valence electrons. The van der Waals surface area contributed by atoms with Crippen LogP contribution in [0.25, 0.3) is 0 Å². The third kappa shape index (κ3) is 0.399. The highest BCUT2D eigenvalue weighted by atomic mass is 16.1. The maximum atomic E-state index is 10.7. The maximum Gasteiger partial charge on any atom is 0.247 e. The molecule has 1 aliphatic heterocycles. The lowest BCUT2D eigenvalue weighted by molar-refractivity contribution is -0.117. The number of carbonyl (C=O) groups excluding carboxylic acids is 1. The molecule has 0 aromatic rings. The van der Waals surface area contributed by atoms with E-state index in [1.807, 2.05) is 6.08 Å². The molecule has 8 heavy (non-hydrogen) atoms. The fourth-order valence-electron chi connectivity index (χ4n) is 1.09. The van der Waals surface area contributed by atoms with Gasteiger partial charge in [-0.15, -0.1) is 0 Å². The number of hydrogen-bond acceptors (Lipinski definition) is 1. The van der Waals surface area contributed by atoms with Gasteiger partial charge in [0.2, 0.25) is 5.91 Å². The van der Waals surface area contributed by atoms with Crippen LogP contribution in [-0.4, -0.2) is 12.5 Å². The molecule has 1 unspecified atom stereocenters. The van der Waals surface area contributed by atoms with Crippen molar-refractivity contribution in [3.63, 3.8) is 0 Å². The van der Waals surface area contributed by atoms with E-state index in [2.05, 4.69) is 5.32 Å². The number of rotatable bonds is 0. The van der Waals surface area contributed by atoms with Gasteiger partial charge in [-0.25, -0.2) is 0 Å². The quantitative estimate of drug-likeness (QED) is 0.468. The summed E-state index contributed by atoms with van der Waals surface area (Å²) >= 11 is 0. The highest BCUT2D eigenvalue weighted by Crippen LogP contribution is 2.33. The average Bonchev–Trinajstić information content (AvgIpc) is 2.45. The molecule has 0 aromatic carbocycles. The molecule has 0 bridgehead atoms. The zero-order valence-electron chi connectivity index (χ0n) is 4.48. The van der Waals surface area contributed by atoms with E-state index in [0.717, 1.165) is 18.5 Å². The van der Waals surface area contributed by atoms with Crippen LogP contribution in [0.5, 0.6) is 0 Å². The summed E-state index contributed by atoms with van der Waals surface area (Å²) in [5.41, 5.74) is 1.01. The van der Waals surface area contributed by atoms with E-state index in [4.69, 9.17) is 0 Å². The van der Waals surface area contributed by atoms with Gasteiger partial charge in [-0.05, 0) is 6.42 Å². The number of allylic oxidation sites excluding steroid dienone is 1. The van der Waals surface area contributed by atoms with E-state index in [1.54, 1.807) is 0 Å².